The van der Waals surface area contributed by atoms with Crippen molar-refractivity contribution < 1.29 is 14.7 Å². The van der Waals surface area contributed by atoms with Crippen LogP contribution in [0.25, 0.3) is 0 Å². The van der Waals surface area contributed by atoms with E-state index in [1.54, 1.807) is 18.2 Å². The summed E-state index contributed by atoms with van der Waals surface area (Å²) in [5.74, 6) is -1.04. The average Bonchev–Trinajstić information content (AvgIpc) is 2.37. The van der Waals surface area contributed by atoms with Crippen LogP contribution in [0.1, 0.15) is 26.2 Å². The Labute approximate surface area is 130 Å². The largest absolute Gasteiger partial charge is 0.480 e. The minimum absolute atomic E-state index is 0.404. The van der Waals surface area contributed by atoms with Crippen molar-refractivity contribution in [3.05, 3.63) is 27.7 Å². The zero-order valence-corrected chi connectivity index (χ0v) is 13.3. The number of carboxylic acids is 1. The van der Waals surface area contributed by atoms with Gasteiger partial charge in [0.1, 0.15) is 6.04 Å². The lowest BCUT2D eigenvalue weighted by atomic mass is 10.1. The van der Waals surface area contributed by atoms with E-state index in [0.717, 1.165) is 12.8 Å². The van der Waals surface area contributed by atoms with Crippen molar-refractivity contribution in [1.29, 1.82) is 0 Å². The normalized spacial score (nSPS) is 11.8. The van der Waals surface area contributed by atoms with E-state index in [-0.39, 0.29) is 0 Å². The van der Waals surface area contributed by atoms with Gasteiger partial charge in [-0.15, -0.1) is 0 Å². The maximum atomic E-state index is 11.8. The van der Waals surface area contributed by atoms with Gasteiger partial charge in [-0.25, -0.2) is 9.59 Å². The average molecular weight is 364 g/mol. The van der Waals surface area contributed by atoms with E-state index in [2.05, 4.69) is 26.6 Å². The van der Waals surface area contributed by atoms with Crippen molar-refractivity contribution in [2.75, 3.05) is 5.32 Å². The molecule has 7 heteroatoms. The second kappa shape index (κ2) is 8.11. The quantitative estimate of drug-likeness (QED) is 0.718. The first kappa shape index (κ1) is 16.8. The fourth-order valence-corrected chi connectivity index (χ4v) is 2.35. The lowest BCUT2D eigenvalue weighted by Gasteiger charge is -2.15. The van der Waals surface area contributed by atoms with Gasteiger partial charge in [0.2, 0.25) is 0 Å². The highest BCUT2D eigenvalue weighted by Gasteiger charge is 2.19. The third-order valence-electron chi connectivity index (χ3n) is 2.63. The molecular weight excluding hydrogens is 348 g/mol. The van der Waals surface area contributed by atoms with Crippen molar-refractivity contribution in [3.63, 3.8) is 0 Å². The zero-order valence-electron chi connectivity index (χ0n) is 11.0. The first-order valence-corrected chi connectivity index (χ1v) is 7.36. The summed E-state index contributed by atoms with van der Waals surface area (Å²) < 4.78 is 0.626. The number of unbranched alkanes of at least 4 members (excludes halogenated alkanes) is 1. The fourth-order valence-electron chi connectivity index (χ4n) is 1.57. The minimum atomic E-state index is -1.04. The Kier molecular flexibility index (Phi) is 6.81. The van der Waals surface area contributed by atoms with Gasteiger partial charge >= 0.3 is 12.0 Å². The first-order valence-electron chi connectivity index (χ1n) is 6.19. The molecule has 0 aliphatic heterocycles. The highest BCUT2D eigenvalue weighted by molar-refractivity contribution is 9.10. The molecule has 1 rings (SSSR count). The predicted molar refractivity (Wildman–Crippen MR) is 82.3 cm³/mol. The molecule has 1 aromatic carbocycles. The Hall–Kier alpha value is -1.27. The SMILES string of the molecule is CCCCC(NC(=O)Nc1ccc(Cl)cc1Br)C(=O)O. The van der Waals surface area contributed by atoms with Crippen LogP contribution in [0, 0.1) is 0 Å². The molecule has 0 radical (unpaired) electrons. The summed E-state index contributed by atoms with van der Waals surface area (Å²) in [6, 6.07) is 3.46. The van der Waals surface area contributed by atoms with Gasteiger partial charge in [-0.05, 0) is 40.5 Å². The van der Waals surface area contributed by atoms with Gasteiger partial charge in [-0.2, -0.15) is 0 Å². The zero-order chi connectivity index (χ0) is 15.1. The Morgan fingerprint density at radius 1 is 1.45 bits per heavy atom. The van der Waals surface area contributed by atoms with Crippen molar-refractivity contribution in [1.82, 2.24) is 5.32 Å². The number of halogens is 2. The molecule has 0 fully saturated rings. The van der Waals surface area contributed by atoms with Crippen LogP contribution >= 0.6 is 27.5 Å². The number of amides is 2. The van der Waals surface area contributed by atoms with Crippen LogP contribution in [0.5, 0.6) is 0 Å². The molecule has 20 heavy (non-hydrogen) atoms. The van der Waals surface area contributed by atoms with Gasteiger partial charge in [0, 0.05) is 9.50 Å². The van der Waals surface area contributed by atoms with Gasteiger partial charge in [0.15, 0.2) is 0 Å². The van der Waals surface area contributed by atoms with E-state index in [4.69, 9.17) is 16.7 Å². The summed E-state index contributed by atoms with van der Waals surface area (Å²) >= 11 is 9.07. The first-order chi connectivity index (χ1) is 9.43. The molecule has 0 saturated heterocycles. The fraction of sp³-hybridized carbons (Fsp3) is 0.385. The lowest BCUT2D eigenvalue weighted by Crippen LogP contribution is -2.43. The summed E-state index contributed by atoms with van der Waals surface area (Å²) in [5, 5.41) is 14.6. The number of nitrogens with one attached hydrogen (secondary N) is 2. The van der Waals surface area contributed by atoms with Crippen LogP contribution in [0.3, 0.4) is 0 Å². The van der Waals surface area contributed by atoms with Crippen LogP contribution < -0.4 is 10.6 Å². The number of anilines is 1. The molecule has 0 bridgehead atoms. The van der Waals surface area contributed by atoms with Crippen LogP contribution in [0.2, 0.25) is 5.02 Å². The van der Waals surface area contributed by atoms with Crippen LogP contribution in [-0.4, -0.2) is 23.1 Å². The summed E-state index contributed by atoms with van der Waals surface area (Å²) in [5.41, 5.74) is 0.520. The summed E-state index contributed by atoms with van der Waals surface area (Å²) in [6.45, 7) is 1.96. The topological polar surface area (TPSA) is 78.4 Å². The number of carbonyl (C=O) groups excluding carboxylic acids is 1. The molecule has 1 aromatic rings. The van der Waals surface area contributed by atoms with E-state index in [1.165, 1.54) is 0 Å². The number of hydrogen-bond acceptors (Lipinski definition) is 2. The maximum Gasteiger partial charge on any atom is 0.326 e. The third kappa shape index (κ3) is 5.38. The Balaban J connectivity index is 2.63. The number of urea groups is 1. The highest BCUT2D eigenvalue weighted by atomic mass is 79.9. The number of hydrogen-bond donors (Lipinski definition) is 3. The molecule has 3 N–H and O–H groups in total. The van der Waals surface area contributed by atoms with Crippen molar-refractivity contribution in [2.45, 2.75) is 32.2 Å². The number of carbonyl (C=O) groups is 2. The second-order valence-corrected chi connectivity index (χ2v) is 5.55. The van der Waals surface area contributed by atoms with E-state index in [1.807, 2.05) is 6.92 Å². The molecule has 110 valence electrons. The maximum absolute atomic E-state index is 11.8. The lowest BCUT2D eigenvalue weighted by molar-refractivity contribution is -0.139. The van der Waals surface area contributed by atoms with E-state index in [0.29, 0.717) is 21.6 Å². The molecule has 1 atom stereocenters. The predicted octanol–water partition coefficient (Wildman–Crippen LogP) is 3.87. The van der Waals surface area contributed by atoms with Gasteiger partial charge in [0.25, 0.3) is 0 Å². The molecule has 0 heterocycles. The van der Waals surface area contributed by atoms with Crippen molar-refractivity contribution >= 4 is 45.2 Å². The minimum Gasteiger partial charge on any atom is -0.480 e. The summed E-state index contributed by atoms with van der Waals surface area (Å²) in [4.78, 5) is 22.8. The van der Waals surface area contributed by atoms with Gasteiger partial charge in [-0.3, -0.25) is 0 Å². The Morgan fingerprint density at radius 3 is 2.70 bits per heavy atom. The van der Waals surface area contributed by atoms with Crippen molar-refractivity contribution in [2.24, 2.45) is 0 Å². The monoisotopic (exact) mass is 362 g/mol. The number of rotatable bonds is 6. The van der Waals surface area contributed by atoms with Gasteiger partial charge < -0.3 is 15.7 Å². The van der Waals surface area contributed by atoms with Crippen LogP contribution in [-0.2, 0) is 4.79 Å². The van der Waals surface area contributed by atoms with Crippen LogP contribution in [0.4, 0.5) is 10.5 Å². The van der Waals surface area contributed by atoms with E-state index < -0.39 is 18.0 Å². The molecular formula is C13H16BrClN2O3. The number of aliphatic carboxylic acids is 1. The molecule has 0 spiro atoms. The smallest absolute Gasteiger partial charge is 0.326 e. The molecule has 0 aliphatic rings. The van der Waals surface area contributed by atoms with E-state index >= 15 is 0 Å². The Bertz CT molecular complexity index is 497. The van der Waals surface area contributed by atoms with Crippen molar-refractivity contribution in [3.8, 4) is 0 Å². The Morgan fingerprint density at radius 2 is 2.15 bits per heavy atom. The number of carboxylic acid groups (broad SMARTS) is 1. The molecule has 0 aromatic heterocycles. The molecule has 2 amide bonds. The van der Waals surface area contributed by atoms with Crippen LogP contribution in [0.15, 0.2) is 22.7 Å². The summed E-state index contributed by atoms with van der Waals surface area (Å²) in [7, 11) is 0. The van der Waals surface area contributed by atoms with E-state index in [9.17, 15) is 9.59 Å². The summed E-state index contributed by atoms with van der Waals surface area (Å²) in [6.07, 6.45) is 2.01. The number of benzene rings is 1. The molecule has 1 unspecified atom stereocenters. The second-order valence-electron chi connectivity index (χ2n) is 4.26. The standard InChI is InChI=1S/C13H16BrClN2O3/c1-2-3-4-11(12(18)19)17-13(20)16-10-6-5-8(15)7-9(10)14/h5-7,11H,2-4H2,1H3,(H,18,19)(H2,16,17,20). The molecule has 0 aliphatic carbocycles. The van der Waals surface area contributed by atoms with Gasteiger partial charge in [-0.1, -0.05) is 31.4 Å². The molecule has 0 saturated carbocycles. The highest BCUT2D eigenvalue weighted by Crippen LogP contribution is 2.25. The van der Waals surface area contributed by atoms with Gasteiger partial charge in [0.05, 0.1) is 5.69 Å². The molecule has 5 nitrogen and oxygen atoms in total. The third-order valence-corrected chi connectivity index (χ3v) is 3.52.